The quantitative estimate of drug-likeness (QED) is 0.471. The van der Waals surface area contributed by atoms with E-state index in [-0.39, 0.29) is 5.78 Å². The fourth-order valence-electron chi connectivity index (χ4n) is 2.73. The molecule has 0 unspecified atom stereocenters. The van der Waals surface area contributed by atoms with Crippen molar-refractivity contribution in [1.29, 1.82) is 0 Å². The minimum Gasteiger partial charge on any atom is -0.321 e. The van der Waals surface area contributed by atoms with Gasteiger partial charge in [0.15, 0.2) is 5.82 Å². The number of imidazole rings is 1. The number of aryl methyl sites for hydroxylation is 2. The first kappa shape index (κ1) is 16.2. The van der Waals surface area contributed by atoms with Crippen molar-refractivity contribution < 1.29 is 4.79 Å². The van der Waals surface area contributed by atoms with Gasteiger partial charge in [0.1, 0.15) is 0 Å². The molecule has 0 saturated heterocycles. The Bertz CT molecular complexity index is 872. The molecule has 3 aromatic rings. The van der Waals surface area contributed by atoms with E-state index in [2.05, 4.69) is 18.8 Å². The summed E-state index contributed by atoms with van der Waals surface area (Å²) in [5.74, 6) is 0.468. The Morgan fingerprint density at radius 2 is 1.88 bits per heavy atom. The topological polar surface area (TPSA) is 34.9 Å². The number of hydrogen-bond acceptors (Lipinski definition) is 2. The van der Waals surface area contributed by atoms with Crippen molar-refractivity contribution in [3.63, 3.8) is 0 Å². The highest BCUT2D eigenvalue weighted by atomic mass is 16.1. The van der Waals surface area contributed by atoms with Crippen molar-refractivity contribution in [2.45, 2.75) is 33.2 Å². The molecule has 0 aliphatic carbocycles. The first-order valence-corrected chi connectivity index (χ1v) is 8.43. The molecule has 0 amide bonds. The molecule has 0 N–H and O–H groups in total. The fourth-order valence-corrected chi connectivity index (χ4v) is 2.73. The smallest absolute Gasteiger partial charge is 0.221 e. The molecule has 0 saturated carbocycles. The summed E-state index contributed by atoms with van der Waals surface area (Å²) in [4.78, 5) is 17.2. The summed E-state index contributed by atoms with van der Waals surface area (Å²) in [6.45, 7) is 5.02. The van der Waals surface area contributed by atoms with Crippen LogP contribution in [0.5, 0.6) is 0 Å². The van der Waals surface area contributed by atoms with Crippen molar-refractivity contribution in [3.05, 3.63) is 71.6 Å². The Morgan fingerprint density at radius 3 is 2.62 bits per heavy atom. The molecule has 0 spiro atoms. The Morgan fingerprint density at radius 1 is 1.12 bits per heavy atom. The Balaban J connectivity index is 1.92. The van der Waals surface area contributed by atoms with Gasteiger partial charge in [-0.2, -0.15) is 0 Å². The molecule has 0 fully saturated rings. The second-order valence-electron chi connectivity index (χ2n) is 6.04. The van der Waals surface area contributed by atoms with Crippen molar-refractivity contribution in [2.24, 2.45) is 0 Å². The van der Waals surface area contributed by atoms with Gasteiger partial charge < -0.3 is 4.57 Å². The molecule has 0 bridgehead atoms. The number of nitrogens with zero attached hydrogens (tertiary/aromatic N) is 2. The Kier molecular flexibility index (Phi) is 4.90. The SMILES string of the molecule is CCCCn1c(C(=O)/C=C/c2ccc(C)cc2)nc2ccccc21. The van der Waals surface area contributed by atoms with E-state index in [0.29, 0.717) is 5.82 Å². The van der Waals surface area contributed by atoms with Crippen LogP contribution in [-0.2, 0) is 6.54 Å². The maximum absolute atomic E-state index is 12.7. The third kappa shape index (κ3) is 3.46. The zero-order valence-electron chi connectivity index (χ0n) is 14.2. The van der Waals surface area contributed by atoms with E-state index in [1.165, 1.54) is 5.56 Å². The molecule has 0 radical (unpaired) electrons. The minimum atomic E-state index is -0.0529. The number of unbranched alkanes of at least 4 members (excludes halogenated alkanes) is 1. The summed E-state index contributed by atoms with van der Waals surface area (Å²) in [6.07, 6.45) is 5.58. The second-order valence-corrected chi connectivity index (χ2v) is 6.04. The number of hydrogen-bond donors (Lipinski definition) is 0. The van der Waals surface area contributed by atoms with Gasteiger partial charge in [0.25, 0.3) is 0 Å². The summed E-state index contributed by atoms with van der Waals surface area (Å²) in [7, 11) is 0. The first-order chi connectivity index (χ1) is 11.7. The number of para-hydroxylation sites is 2. The summed E-state index contributed by atoms with van der Waals surface area (Å²) < 4.78 is 2.04. The molecular weight excluding hydrogens is 296 g/mol. The van der Waals surface area contributed by atoms with Gasteiger partial charge in [0.2, 0.25) is 5.78 Å². The van der Waals surface area contributed by atoms with Crippen molar-refractivity contribution >= 4 is 22.9 Å². The third-order valence-electron chi connectivity index (χ3n) is 4.11. The van der Waals surface area contributed by atoms with Crippen molar-refractivity contribution in [3.8, 4) is 0 Å². The number of carbonyl (C=O) groups is 1. The normalized spacial score (nSPS) is 11.4. The lowest BCUT2D eigenvalue weighted by Gasteiger charge is -2.06. The fraction of sp³-hybridized carbons (Fsp3) is 0.238. The van der Waals surface area contributed by atoms with Crippen LogP contribution in [0.15, 0.2) is 54.6 Å². The predicted molar refractivity (Wildman–Crippen MR) is 99.2 cm³/mol. The van der Waals surface area contributed by atoms with E-state index in [0.717, 1.165) is 36.0 Å². The van der Waals surface area contributed by atoms with Gasteiger partial charge in [0, 0.05) is 6.54 Å². The molecule has 3 heteroatoms. The molecular formula is C21H22N2O. The van der Waals surface area contributed by atoms with Crippen LogP contribution in [-0.4, -0.2) is 15.3 Å². The summed E-state index contributed by atoms with van der Waals surface area (Å²) in [6, 6.07) is 16.0. The molecule has 0 aliphatic rings. The van der Waals surface area contributed by atoms with Crippen LogP contribution in [0, 0.1) is 6.92 Å². The van der Waals surface area contributed by atoms with Gasteiger partial charge in [0.05, 0.1) is 11.0 Å². The predicted octanol–water partition coefficient (Wildman–Crippen LogP) is 5.04. The van der Waals surface area contributed by atoms with E-state index < -0.39 is 0 Å². The van der Waals surface area contributed by atoms with Crippen LogP contribution in [0.4, 0.5) is 0 Å². The number of fused-ring (bicyclic) bond motifs is 1. The highest BCUT2D eigenvalue weighted by Gasteiger charge is 2.14. The van der Waals surface area contributed by atoms with Gasteiger partial charge in [-0.25, -0.2) is 4.98 Å². The van der Waals surface area contributed by atoms with Gasteiger partial charge >= 0.3 is 0 Å². The van der Waals surface area contributed by atoms with Crippen LogP contribution in [0.2, 0.25) is 0 Å². The molecule has 0 atom stereocenters. The Labute approximate surface area is 142 Å². The lowest BCUT2D eigenvalue weighted by atomic mass is 10.1. The van der Waals surface area contributed by atoms with E-state index >= 15 is 0 Å². The summed E-state index contributed by atoms with van der Waals surface area (Å²) in [5, 5.41) is 0. The highest BCUT2D eigenvalue weighted by Crippen LogP contribution is 2.18. The number of benzene rings is 2. The summed E-state index contributed by atoms with van der Waals surface area (Å²) in [5.41, 5.74) is 4.13. The number of aromatic nitrogens is 2. The summed E-state index contributed by atoms with van der Waals surface area (Å²) >= 11 is 0. The van der Waals surface area contributed by atoms with Crippen molar-refractivity contribution in [1.82, 2.24) is 9.55 Å². The monoisotopic (exact) mass is 318 g/mol. The highest BCUT2D eigenvalue weighted by molar-refractivity contribution is 6.06. The third-order valence-corrected chi connectivity index (χ3v) is 4.11. The number of ketones is 1. The maximum Gasteiger partial charge on any atom is 0.221 e. The first-order valence-electron chi connectivity index (χ1n) is 8.43. The number of carbonyl (C=O) groups excluding carboxylic acids is 1. The number of allylic oxidation sites excluding steroid dienone is 1. The van der Waals surface area contributed by atoms with Crippen LogP contribution < -0.4 is 0 Å². The van der Waals surface area contributed by atoms with E-state index in [1.807, 2.05) is 59.2 Å². The zero-order chi connectivity index (χ0) is 16.9. The minimum absolute atomic E-state index is 0.0529. The van der Waals surface area contributed by atoms with Crippen LogP contribution in [0.25, 0.3) is 17.1 Å². The zero-order valence-corrected chi connectivity index (χ0v) is 14.2. The van der Waals surface area contributed by atoms with E-state index in [4.69, 9.17) is 0 Å². The molecule has 0 aliphatic heterocycles. The average Bonchev–Trinajstić information content (AvgIpc) is 2.98. The van der Waals surface area contributed by atoms with E-state index in [1.54, 1.807) is 6.08 Å². The second kappa shape index (κ2) is 7.26. The lowest BCUT2D eigenvalue weighted by molar-refractivity contribution is 0.103. The lowest BCUT2D eigenvalue weighted by Crippen LogP contribution is -2.08. The molecule has 2 aromatic carbocycles. The molecule has 1 aromatic heterocycles. The van der Waals surface area contributed by atoms with E-state index in [9.17, 15) is 4.79 Å². The van der Waals surface area contributed by atoms with Crippen molar-refractivity contribution in [2.75, 3.05) is 0 Å². The molecule has 3 nitrogen and oxygen atoms in total. The molecule has 122 valence electrons. The largest absolute Gasteiger partial charge is 0.321 e. The maximum atomic E-state index is 12.7. The average molecular weight is 318 g/mol. The van der Waals surface area contributed by atoms with Gasteiger partial charge in [-0.15, -0.1) is 0 Å². The standard InChI is InChI=1S/C21H22N2O/c1-3-4-15-23-19-8-6-5-7-18(19)22-21(23)20(24)14-13-17-11-9-16(2)10-12-17/h5-14H,3-4,15H2,1-2H3/b14-13+. The van der Waals surface area contributed by atoms with Crippen LogP contribution >= 0.6 is 0 Å². The van der Waals surface area contributed by atoms with Gasteiger partial charge in [-0.05, 0) is 37.1 Å². The molecule has 1 heterocycles. The molecule has 24 heavy (non-hydrogen) atoms. The van der Waals surface area contributed by atoms with Gasteiger partial charge in [-0.1, -0.05) is 61.4 Å². The molecule has 3 rings (SSSR count). The Hall–Kier alpha value is -2.68. The van der Waals surface area contributed by atoms with Crippen LogP contribution in [0.1, 0.15) is 41.5 Å². The number of rotatable bonds is 6. The van der Waals surface area contributed by atoms with Gasteiger partial charge in [-0.3, -0.25) is 4.79 Å². The van der Waals surface area contributed by atoms with Crippen LogP contribution in [0.3, 0.4) is 0 Å².